The van der Waals surface area contributed by atoms with E-state index in [1.807, 2.05) is 0 Å². The molecule has 2 aromatic carbocycles. The number of hydrogen-bond acceptors (Lipinski definition) is 6. The number of carbonyl (C=O) groups is 1. The maximum Gasteiger partial charge on any atom is 0.298 e. The van der Waals surface area contributed by atoms with Crippen molar-refractivity contribution in [2.24, 2.45) is 0 Å². The Balaban J connectivity index is 1.99. The molecule has 2 aromatic rings. The topological polar surface area (TPSA) is 113 Å². The minimum atomic E-state index is -2.08. The third kappa shape index (κ3) is 3.20. The van der Waals surface area contributed by atoms with Gasteiger partial charge in [0.25, 0.3) is 5.91 Å². The van der Waals surface area contributed by atoms with E-state index in [2.05, 4.69) is 0 Å². The summed E-state index contributed by atoms with van der Waals surface area (Å²) in [5, 5.41) is 38.1. The molecule has 1 aliphatic heterocycles. The first kappa shape index (κ1) is 18.1. The van der Waals surface area contributed by atoms with Gasteiger partial charge in [-0.1, -0.05) is 24.3 Å². The van der Waals surface area contributed by atoms with Gasteiger partial charge in [0, 0.05) is 0 Å². The number of phenolic OH excluding ortho intramolecular Hbond substituents is 1. The van der Waals surface area contributed by atoms with Crippen LogP contribution in [0.25, 0.3) is 11.1 Å². The smallest absolute Gasteiger partial charge is 0.298 e. The van der Waals surface area contributed by atoms with Crippen LogP contribution in [-0.4, -0.2) is 38.1 Å². The first-order valence-corrected chi connectivity index (χ1v) is 7.78. The van der Waals surface area contributed by atoms with Crippen LogP contribution in [0.15, 0.2) is 36.4 Å². The molecular weight excluding hydrogens is 345 g/mol. The highest BCUT2D eigenvalue weighted by Crippen LogP contribution is 2.37. The highest BCUT2D eigenvalue weighted by Gasteiger charge is 2.47. The van der Waals surface area contributed by atoms with Crippen LogP contribution in [0.2, 0.25) is 0 Å². The standard InChI is InChI=1S/C17H18FN3O5/c1-17(2,24)12-5-3-10(4-6-12)11-7-13(18)16(14(22)8-11)20-9-15(23)19-21(20,25)26/h3-8,24-26H,9H2,1-2H3,(H-,19,22,23)/p+1. The van der Waals surface area contributed by atoms with Crippen molar-refractivity contribution in [2.45, 2.75) is 19.4 Å². The molecule has 138 valence electrons. The van der Waals surface area contributed by atoms with E-state index in [9.17, 15) is 29.8 Å². The number of carbonyl (C=O) groups excluding carboxylic acids is 1. The van der Waals surface area contributed by atoms with E-state index in [0.29, 0.717) is 21.7 Å². The Bertz CT molecular complexity index is 839. The number of amides is 1. The second-order valence-electron chi connectivity index (χ2n) is 6.62. The molecule has 9 heteroatoms. The van der Waals surface area contributed by atoms with Gasteiger partial charge in [0.1, 0.15) is 5.75 Å². The molecule has 1 aliphatic rings. The van der Waals surface area contributed by atoms with Crippen molar-refractivity contribution in [3.63, 3.8) is 0 Å². The fourth-order valence-corrected chi connectivity index (χ4v) is 2.79. The fourth-order valence-electron chi connectivity index (χ4n) is 2.79. The first-order valence-electron chi connectivity index (χ1n) is 7.78. The summed E-state index contributed by atoms with van der Waals surface area (Å²) in [5.74, 6) is -2.25. The molecule has 1 fully saturated rings. The predicted molar refractivity (Wildman–Crippen MR) is 88.1 cm³/mol. The number of quaternary nitrogens is 1. The summed E-state index contributed by atoms with van der Waals surface area (Å²) < 4.78 is 14.6. The van der Waals surface area contributed by atoms with Gasteiger partial charge in [-0.25, -0.2) is 4.39 Å². The molecule has 5 N–H and O–H groups in total. The lowest BCUT2D eigenvalue weighted by Crippen LogP contribution is -2.57. The minimum Gasteiger partial charge on any atom is -0.505 e. The lowest BCUT2D eigenvalue weighted by atomic mass is 9.95. The number of nitrogens with zero attached hydrogens (tertiary/aromatic N) is 2. The molecule has 26 heavy (non-hydrogen) atoms. The third-order valence-electron chi connectivity index (χ3n) is 4.13. The van der Waals surface area contributed by atoms with E-state index >= 15 is 0 Å². The molecule has 0 aliphatic carbocycles. The van der Waals surface area contributed by atoms with Crippen LogP contribution < -0.4 is 10.4 Å². The zero-order valence-corrected chi connectivity index (χ0v) is 14.1. The third-order valence-corrected chi connectivity index (χ3v) is 4.13. The number of benzene rings is 2. The maximum atomic E-state index is 14.6. The van der Waals surface area contributed by atoms with Gasteiger partial charge in [-0.05, 0) is 42.7 Å². The fraction of sp³-hybridized carbons (Fsp3) is 0.235. The average molecular weight is 364 g/mol. The van der Waals surface area contributed by atoms with Gasteiger partial charge < -0.3 is 10.2 Å². The van der Waals surface area contributed by atoms with Crippen molar-refractivity contribution in [2.75, 3.05) is 11.6 Å². The molecule has 1 saturated heterocycles. The zero-order valence-electron chi connectivity index (χ0n) is 14.1. The number of aliphatic hydroxyl groups is 1. The Hall–Kier alpha value is -2.72. The van der Waals surface area contributed by atoms with Crippen LogP contribution >= 0.6 is 0 Å². The Kier molecular flexibility index (Phi) is 4.12. The summed E-state index contributed by atoms with van der Waals surface area (Å²) in [5.41, 5.74) is 1.86. The van der Waals surface area contributed by atoms with Crippen molar-refractivity contribution in [1.29, 1.82) is 0 Å². The number of rotatable bonds is 3. The highest BCUT2D eigenvalue weighted by molar-refractivity contribution is 5.83. The lowest BCUT2D eigenvalue weighted by molar-refractivity contribution is -1.27. The highest BCUT2D eigenvalue weighted by atomic mass is 19.1. The molecule has 3 rings (SSSR count). The minimum absolute atomic E-state index is 0.346. The summed E-state index contributed by atoms with van der Waals surface area (Å²) in [6, 6.07) is 9.06. The zero-order chi connectivity index (χ0) is 19.3. The lowest BCUT2D eigenvalue weighted by Gasteiger charge is -2.24. The number of halogens is 1. The Labute approximate surface area is 148 Å². The molecule has 0 unspecified atom stereocenters. The Morgan fingerprint density at radius 3 is 2.23 bits per heavy atom. The summed E-state index contributed by atoms with van der Waals surface area (Å²) in [7, 11) is 0. The quantitative estimate of drug-likeness (QED) is 0.531. The Morgan fingerprint density at radius 2 is 1.77 bits per heavy atom. The van der Waals surface area contributed by atoms with Gasteiger partial charge in [-0.15, -0.1) is 20.8 Å². The van der Waals surface area contributed by atoms with Crippen LogP contribution in [0.1, 0.15) is 19.4 Å². The van der Waals surface area contributed by atoms with Crippen molar-refractivity contribution < 1.29 is 34.8 Å². The SMILES string of the molecule is CC(C)(O)c1ccc(-c2cc(O)c(N3CC(=O)N[N+]3(O)O)c(F)c2)cc1. The average Bonchev–Trinajstić information content (AvgIpc) is 2.78. The monoisotopic (exact) mass is 364 g/mol. The first-order chi connectivity index (χ1) is 12.0. The van der Waals surface area contributed by atoms with Crippen LogP contribution in [0.4, 0.5) is 10.1 Å². The molecule has 1 heterocycles. The summed E-state index contributed by atoms with van der Waals surface area (Å²) in [4.78, 5) is 11.4. The maximum absolute atomic E-state index is 14.6. The molecule has 0 bridgehead atoms. The van der Waals surface area contributed by atoms with E-state index in [1.165, 1.54) is 6.07 Å². The van der Waals surface area contributed by atoms with E-state index in [4.69, 9.17) is 0 Å². The number of phenols is 1. The van der Waals surface area contributed by atoms with E-state index in [-0.39, 0.29) is 0 Å². The van der Waals surface area contributed by atoms with Crippen LogP contribution in [-0.2, 0) is 10.4 Å². The van der Waals surface area contributed by atoms with Crippen molar-refractivity contribution >= 4 is 11.6 Å². The van der Waals surface area contributed by atoms with Gasteiger partial charge in [0.15, 0.2) is 23.1 Å². The molecule has 0 aromatic heterocycles. The van der Waals surface area contributed by atoms with Crippen LogP contribution in [0.3, 0.4) is 0 Å². The molecule has 0 spiro atoms. The Morgan fingerprint density at radius 1 is 1.15 bits per heavy atom. The second kappa shape index (κ2) is 5.92. The molecule has 0 atom stereocenters. The van der Waals surface area contributed by atoms with E-state index in [1.54, 1.807) is 43.5 Å². The molecule has 0 saturated carbocycles. The normalized spacial score (nSPS) is 16.7. The van der Waals surface area contributed by atoms with E-state index < -0.39 is 40.3 Å². The number of aromatic hydroxyl groups is 1. The molecule has 1 amide bonds. The van der Waals surface area contributed by atoms with E-state index in [0.717, 1.165) is 6.07 Å². The molecule has 8 nitrogen and oxygen atoms in total. The number of anilines is 1. The van der Waals surface area contributed by atoms with Gasteiger partial charge in [-0.3, -0.25) is 4.79 Å². The van der Waals surface area contributed by atoms with Crippen LogP contribution in [0.5, 0.6) is 5.75 Å². The summed E-state index contributed by atoms with van der Waals surface area (Å²) in [6.07, 6.45) is 0. The molecular formula is C17H19FN3O5+. The predicted octanol–water partition coefficient (Wildman–Crippen LogP) is 1.79. The number of hydrogen-bond donors (Lipinski definition) is 5. The van der Waals surface area contributed by atoms with Gasteiger partial charge in [-0.2, -0.15) is 0 Å². The van der Waals surface area contributed by atoms with Crippen molar-refractivity contribution in [1.82, 2.24) is 5.43 Å². The van der Waals surface area contributed by atoms with Gasteiger partial charge in [0.05, 0.1) is 5.60 Å². The molecule has 0 radical (unpaired) electrons. The second-order valence-corrected chi connectivity index (χ2v) is 6.62. The van der Waals surface area contributed by atoms with Crippen LogP contribution in [0, 0.1) is 5.82 Å². The van der Waals surface area contributed by atoms with Gasteiger partial charge in [0.2, 0.25) is 0 Å². The summed E-state index contributed by atoms with van der Waals surface area (Å²) >= 11 is 0. The van der Waals surface area contributed by atoms with Crippen molar-refractivity contribution in [3.05, 3.63) is 47.8 Å². The van der Waals surface area contributed by atoms with Gasteiger partial charge >= 0.3 is 0 Å². The number of nitrogens with one attached hydrogen (secondary N) is 1. The van der Waals surface area contributed by atoms with Crippen molar-refractivity contribution in [3.8, 4) is 16.9 Å². The largest absolute Gasteiger partial charge is 0.505 e. The summed E-state index contributed by atoms with van der Waals surface area (Å²) in [6.45, 7) is 2.74.